The summed E-state index contributed by atoms with van der Waals surface area (Å²) in [7, 11) is 3.97. The van der Waals surface area contributed by atoms with Gasteiger partial charge in [-0.3, -0.25) is 4.79 Å². The van der Waals surface area contributed by atoms with Crippen LogP contribution < -0.4 is 15.6 Å². The van der Waals surface area contributed by atoms with Crippen molar-refractivity contribution in [2.75, 3.05) is 24.3 Å². The smallest absolute Gasteiger partial charge is 0.271 e. The summed E-state index contributed by atoms with van der Waals surface area (Å²) in [6, 6.07) is 22.6. The molecule has 8 heteroatoms. The Morgan fingerprint density at radius 3 is 2.36 bits per heavy atom. The van der Waals surface area contributed by atoms with Crippen LogP contribution in [0, 0.1) is 0 Å². The molecule has 6 nitrogen and oxygen atoms in total. The second kappa shape index (κ2) is 10.3. The van der Waals surface area contributed by atoms with E-state index in [1.54, 1.807) is 18.3 Å². The topological polar surface area (TPSA) is 69.6 Å². The lowest BCUT2D eigenvalue weighted by molar-refractivity contribution is 0.0955. The lowest BCUT2D eigenvalue weighted by Crippen LogP contribution is -2.17. The fourth-order valence-corrected chi connectivity index (χ4v) is 3.87. The monoisotopic (exact) mass is 475 g/mol. The third-order valence-corrected chi connectivity index (χ3v) is 5.84. The van der Waals surface area contributed by atoms with Crippen LogP contribution in [-0.4, -0.2) is 31.2 Å². The molecule has 4 aromatic rings. The standard InChI is InChI=1S/C25H22ClN5OS/c1-31(2)22-13-3-17(4-14-22)15-27-30-24(32)19-7-5-18(6-8-19)23-16-33-25(29-23)28-21-11-9-20(26)10-12-21/h3-16H,1-2H3,(H,28,29)(H,30,32)/b27-15-. The van der Waals surface area contributed by atoms with Gasteiger partial charge in [0.1, 0.15) is 0 Å². The molecule has 0 aliphatic rings. The first kappa shape index (κ1) is 22.5. The van der Waals surface area contributed by atoms with Gasteiger partial charge in [0.25, 0.3) is 5.91 Å². The van der Waals surface area contributed by atoms with Gasteiger partial charge in [0, 0.05) is 47.0 Å². The van der Waals surface area contributed by atoms with Crippen molar-refractivity contribution in [1.82, 2.24) is 10.4 Å². The number of benzene rings is 3. The van der Waals surface area contributed by atoms with Gasteiger partial charge in [-0.25, -0.2) is 10.4 Å². The summed E-state index contributed by atoms with van der Waals surface area (Å²) >= 11 is 7.44. The highest BCUT2D eigenvalue weighted by molar-refractivity contribution is 7.14. The predicted octanol–water partition coefficient (Wildman–Crippen LogP) is 6.04. The Morgan fingerprint density at radius 2 is 1.70 bits per heavy atom. The number of halogens is 1. The van der Waals surface area contributed by atoms with Gasteiger partial charge in [-0.05, 0) is 54.1 Å². The maximum atomic E-state index is 12.4. The Hall–Kier alpha value is -3.68. The fourth-order valence-electron chi connectivity index (χ4n) is 3.00. The van der Waals surface area contributed by atoms with Crippen molar-refractivity contribution in [3.8, 4) is 11.3 Å². The average Bonchev–Trinajstić information content (AvgIpc) is 3.29. The molecule has 1 amide bonds. The number of aromatic nitrogens is 1. The zero-order chi connectivity index (χ0) is 23.2. The number of anilines is 3. The molecule has 0 atom stereocenters. The molecule has 1 heterocycles. The van der Waals surface area contributed by atoms with Crippen LogP contribution in [0.2, 0.25) is 5.02 Å². The molecular weight excluding hydrogens is 454 g/mol. The number of thiazole rings is 1. The third-order valence-electron chi connectivity index (χ3n) is 4.83. The van der Waals surface area contributed by atoms with Crippen LogP contribution in [0.5, 0.6) is 0 Å². The molecule has 0 bridgehead atoms. The first-order chi connectivity index (χ1) is 16.0. The van der Waals surface area contributed by atoms with E-state index in [-0.39, 0.29) is 5.91 Å². The Kier molecular flexibility index (Phi) is 7.02. The molecule has 166 valence electrons. The molecule has 0 saturated heterocycles. The molecular formula is C25H22ClN5OS. The molecule has 3 aromatic carbocycles. The van der Waals surface area contributed by atoms with Gasteiger partial charge in [-0.2, -0.15) is 5.10 Å². The van der Waals surface area contributed by atoms with E-state index in [1.165, 1.54) is 11.3 Å². The van der Waals surface area contributed by atoms with E-state index in [0.29, 0.717) is 10.6 Å². The molecule has 0 spiro atoms. The van der Waals surface area contributed by atoms with Crippen molar-refractivity contribution >= 4 is 51.6 Å². The SMILES string of the molecule is CN(C)c1ccc(/C=N\NC(=O)c2ccc(-c3csc(Nc4ccc(Cl)cc4)n3)cc2)cc1. The van der Waals surface area contributed by atoms with E-state index >= 15 is 0 Å². The number of nitrogens with zero attached hydrogens (tertiary/aromatic N) is 3. The number of amides is 1. The predicted molar refractivity (Wildman–Crippen MR) is 138 cm³/mol. The van der Waals surface area contributed by atoms with Crippen LogP contribution in [0.3, 0.4) is 0 Å². The maximum Gasteiger partial charge on any atom is 0.271 e. The lowest BCUT2D eigenvalue weighted by Gasteiger charge is -2.11. The van der Waals surface area contributed by atoms with Gasteiger partial charge in [0.15, 0.2) is 5.13 Å². The van der Waals surface area contributed by atoms with E-state index < -0.39 is 0 Å². The van der Waals surface area contributed by atoms with Crippen molar-refractivity contribution in [2.45, 2.75) is 0 Å². The van der Waals surface area contributed by atoms with Gasteiger partial charge in [0.2, 0.25) is 0 Å². The Morgan fingerprint density at radius 1 is 1.00 bits per heavy atom. The van der Waals surface area contributed by atoms with E-state index in [9.17, 15) is 4.79 Å². The summed E-state index contributed by atoms with van der Waals surface area (Å²) in [6.07, 6.45) is 1.62. The van der Waals surface area contributed by atoms with Crippen LogP contribution in [0.1, 0.15) is 15.9 Å². The minimum absolute atomic E-state index is 0.272. The summed E-state index contributed by atoms with van der Waals surface area (Å²) in [6.45, 7) is 0. The number of nitrogens with one attached hydrogen (secondary N) is 2. The van der Waals surface area contributed by atoms with E-state index in [1.807, 2.05) is 85.0 Å². The second-order valence-electron chi connectivity index (χ2n) is 7.43. The molecule has 0 aliphatic carbocycles. The van der Waals surface area contributed by atoms with E-state index in [0.717, 1.165) is 33.3 Å². The van der Waals surface area contributed by atoms with Gasteiger partial charge >= 0.3 is 0 Å². The quantitative estimate of drug-likeness (QED) is 0.252. The number of hydrogen-bond donors (Lipinski definition) is 2. The van der Waals surface area contributed by atoms with Gasteiger partial charge in [-0.1, -0.05) is 35.9 Å². The first-order valence-electron chi connectivity index (χ1n) is 10.2. The Labute approximate surface area is 201 Å². The summed E-state index contributed by atoms with van der Waals surface area (Å²) in [5.41, 5.74) is 7.78. The van der Waals surface area contributed by atoms with Gasteiger partial charge in [0.05, 0.1) is 11.9 Å². The molecule has 0 radical (unpaired) electrons. The second-order valence-corrected chi connectivity index (χ2v) is 8.73. The first-order valence-corrected chi connectivity index (χ1v) is 11.4. The molecule has 0 aliphatic heterocycles. The Bertz CT molecular complexity index is 1250. The largest absolute Gasteiger partial charge is 0.378 e. The van der Waals surface area contributed by atoms with Crippen LogP contribution >= 0.6 is 22.9 Å². The van der Waals surface area contributed by atoms with Gasteiger partial charge in [-0.15, -0.1) is 11.3 Å². The third kappa shape index (κ3) is 5.97. The van der Waals surface area contributed by atoms with Crippen molar-refractivity contribution < 1.29 is 4.79 Å². The summed E-state index contributed by atoms with van der Waals surface area (Å²) in [4.78, 5) is 19.0. The van der Waals surface area contributed by atoms with Crippen LogP contribution in [0.15, 0.2) is 83.3 Å². The fraction of sp³-hybridized carbons (Fsp3) is 0.0800. The zero-order valence-corrected chi connectivity index (χ0v) is 19.7. The highest BCUT2D eigenvalue weighted by Crippen LogP contribution is 2.27. The molecule has 1 aromatic heterocycles. The zero-order valence-electron chi connectivity index (χ0n) is 18.1. The average molecular weight is 476 g/mol. The van der Waals surface area contributed by atoms with Crippen molar-refractivity contribution in [3.05, 3.63) is 94.3 Å². The normalized spacial score (nSPS) is 10.9. The van der Waals surface area contributed by atoms with Crippen molar-refractivity contribution in [1.29, 1.82) is 0 Å². The maximum absolute atomic E-state index is 12.4. The number of rotatable bonds is 7. The lowest BCUT2D eigenvalue weighted by atomic mass is 10.1. The highest BCUT2D eigenvalue weighted by atomic mass is 35.5. The molecule has 0 fully saturated rings. The molecule has 0 saturated carbocycles. The number of hydrazone groups is 1. The molecule has 4 rings (SSSR count). The number of hydrogen-bond acceptors (Lipinski definition) is 6. The summed E-state index contributed by atoms with van der Waals surface area (Å²) in [5.74, 6) is -0.272. The van der Waals surface area contributed by atoms with Crippen molar-refractivity contribution in [3.63, 3.8) is 0 Å². The summed E-state index contributed by atoms with van der Waals surface area (Å²) in [5, 5.41) is 10.8. The highest BCUT2D eigenvalue weighted by Gasteiger charge is 2.08. The minimum atomic E-state index is -0.272. The minimum Gasteiger partial charge on any atom is -0.378 e. The number of carbonyl (C=O) groups excluding carboxylic acids is 1. The van der Waals surface area contributed by atoms with Gasteiger partial charge < -0.3 is 10.2 Å². The molecule has 2 N–H and O–H groups in total. The molecule has 33 heavy (non-hydrogen) atoms. The number of carbonyl (C=O) groups is 1. The van der Waals surface area contributed by atoms with Crippen molar-refractivity contribution in [2.24, 2.45) is 5.10 Å². The van der Waals surface area contributed by atoms with Crippen LogP contribution in [0.25, 0.3) is 11.3 Å². The summed E-state index contributed by atoms with van der Waals surface area (Å²) < 4.78 is 0. The van der Waals surface area contributed by atoms with E-state index in [4.69, 9.17) is 11.6 Å². The molecule has 0 unspecified atom stereocenters. The van der Waals surface area contributed by atoms with Crippen LogP contribution in [0.4, 0.5) is 16.5 Å². The van der Waals surface area contributed by atoms with Crippen LogP contribution in [-0.2, 0) is 0 Å². The Balaban J connectivity index is 1.35. The van der Waals surface area contributed by atoms with E-state index in [2.05, 4.69) is 20.8 Å².